The van der Waals surface area contributed by atoms with Crippen LogP contribution in [0.4, 0.5) is 0 Å². The zero-order chi connectivity index (χ0) is 10.7. The van der Waals surface area contributed by atoms with Gasteiger partial charge in [0.15, 0.2) is 6.10 Å². The van der Waals surface area contributed by atoms with E-state index in [1.54, 1.807) is 18.2 Å². The van der Waals surface area contributed by atoms with Gasteiger partial charge in [0, 0.05) is 10.6 Å². The molecule has 1 aromatic rings. The van der Waals surface area contributed by atoms with Crippen molar-refractivity contribution in [3.8, 4) is 0 Å². The Balaban J connectivity index is 3.05. The molecule has 1 unspecified atom stereocenters. The predicted molar refractivity (Wildman–Crippen MR) is 53.2 cm³/mol. The van der Waals surface area contributed by atoms with Gasteiger partial charge in [-0.05, 0) is 13.0 Å². The second-order valence-electron chi connectivity index (χ2n) is 2.95. The number of halogens is 1. The van der Waals surface area contributed by atoms with Crippen molar-refractivity contribution in [2.24, 2.45) is 0 Å². The minimum atomic E-state index is -1.31. The molecule has 1 atom stereocenters. The van der Waals surface area contributed by atoms with Gasteiger partial charge in [-0.3, -0.25) is 0 Å². The van der Waals surface area contributed by atoms with Gasteiger partial charge in [-0.25, -0.2) is 4.79 Å². The number of benzene rings is 1. The van der Waals surface area contributed by atoms with Crippen molar-refractivity contribution in [1.82, 2.24) is 0 Å². The summed E-state index contributed by atoms with van der Waals surface area (Å²) in [5, 5.41) is 9.89. The standard InChI is InChI=1S/C10H11ClO3/c1-6-3-4-8(11)7(5-6)9(12)10(13)14-2/h3-5,9,12H,1-2H3. The highest BCUT2D eigenvalue weighted by Gasteiger charge is 2.20. The van der Waals surface area contributed by atoms with Crippen LogP contribution >= 0.6 is 11.6 Å². The molecule has 0 heterocycles. The highest BCUT2D eigenvalue weighted by Crippen LogP contribution is 2.24. The maximum absolute atomic E-state index is 11.0. The number of esters is 1. The number of hydrogen-bond donors (Lipinski definition) is 1. The highest BCUT2D eigenvalue weighted by molar-refractivity contribution is 6.31. The monoisotopic (exact) mass is 214 g/mol. The average Bonchev–Trinajstić information content (AvgIpc) is 2.19. The molecule has 0 saturated heterocycles. The fourth-order valence-corrected chi connectivity index (χ4v) is 1.33. The van der Waals surface area contributed by atoms with Gasteiger partial charge in [0.2, 0.25) is 0 Å². The number of rotatable bonds is 2. The van der Waals surface area contributed by atoms with E-state index in [1.807, 2.05) is 6.92 Å². The van der Waals surface area contributed by atoms with E-state index in [-0.39, 0.29) is 0 Å². The van der Waals surface area contributed by atoms with Gasteiger partial charge in [0.1, 0.15) is 0 Å². The number of aliphatic hydroxyl groups is 1. The Labute approximate surface area is 87.3 Å². The predicted octanol–water partition coefficient (Wildman–Crippen LogP) is 1.85. The van der Waals surface area contributed by atoms with Crippen LogP contribution in [0.5, 0.6) is 0 Å². The molecule has 0 radical (unpaired) electrons. The Hall–Kier alpha value is -1.06. The molecule has 0 bridgehead atoms. The molecular weight excluding hydrogens is 204 g/mol. The SMILES string of the molecule is COC(=O)C(O)c1cc(C)ccc1Cl. The molecule has 76 valence electrons. The van der Waals surface area contributed by atoms with E-state index in [9.17, 15) is 9.90 Å². The average molecular weight is 215 g/mol. The molecule has 1 rings (SSSR count). The first-order chi connectivity index (χ1) is 6.56. The van der Waals surface area contributed by atoms with Crippen LogP contribution in [0.15, 0.2) is 18.2 Å². The normalized spacial score (nSPS) is 12.3. The van der Waals surface area contributed by atoms with Crippen molar-refractivity contribution in [3.05, 3.63) is 34.3 Å². The third-order valence-corrected chi connectivity index (χ3v) is 2.21. The summed E-state index contributed by atoms with van der Waals surface area (Å²) in [5.74, 6) is -0.711. The fraction of sp³-hybridized carbons (Fsp3) is 0.300. The zero-order valence-corrected chi connectivity index (χ0v) is 8.71. The number of carbonyl (C=O) groups excluding carboxylic acids is 1. The molecule has 4 heteroatoms. The van der Waals surface area contributed by atoms with Crippen molar-refractivity contribution in [2.75, 3.05) is 7.11 Å². The van der Waals surface area contributed by atoms with Crippen LogP contribution < -0.4 is 0 Å². The van der Waals surface area contributed by atoms with Crippen molar-refractivity contribution in [2.45, 2.75) is 13.0 Å². The third kappa shape index (κ3) is 2.25. The van der Waals surface area contributed by atoms with Gasteiger partial charge in [-0.1, -0.05) is 29.3 Å². The van der Waals surface area contributed by atoms with Crippen LogP contribution in [0.2, 0.25) is 5.02 Å². The molecular formula is C10H11ClO3. The molecule has 1 aromatic carbocycles. The van der Waals surface area contributed by atoms with E-state index in [1.165, 1.54) is 7.11 Å². The van der Waals surface area contributed by atoms with Crippen molar-refractivity contribution in [1.29, 1.82) is 0 Å². The quantitative estimate of drug-likeness (QED) is 0.765. The Morgan fingerprint density at radius 1 is 1.57 bits per heavy atom. The number of methoxy groups -OCH3 is 1. The molecule has 1 N–H and O–H groups in total. The summed E-state index contributed by atoms with van der Waals surface area (Å²) in [6.07, 6.45) is -1.31. The van der Waals surface area contributed by atoms with Gasteiger partial charge in [-0.15, -0.1) is 0 Å². The number of aliphatic hydroxyl groups excluding tert-OH is 1. The van der Waals surface area contributed by atoms with Crippen LogP contribution in [-0.4, -0.2) is 18.2 Å². The van der Waals surface area contributed by atoms with Crippen LogP contribution in [0.1, 0.15) is 17.2 Å². The molecule has 14 heavy (non-hydrogen) atoms. The lowest BCUT2D eigenvalue weighted by Gasteiger charge is -2.10. The third-order valence-electron chi connectivity index (χ3n) is 1.87. The van der Waals surface area contributed by atoms with E-state index in [4.69, 9.17) is 11.6 Å². The van der Waals surface area contributed by atoms with E-state index >= 15 is 0 Å². The number of hydrogen-bond acceptors (Lipinski definition) is 3. The van der Waals surface area contributed by atoms with E-state index in [0.29, 0.717) is 10.6 Å². The first kappa shape index (κ1) is 11.0. The summed E-state index contributed by atoms with van der Waals surface area (Å²) >= 11 is 5.82. The van der Waals surface area contributed by atoms with E-state index < -0.39 is 12.1 Å². The summed E-state index contributed by atoms with van der Waals surface area (Å²) in [6.45, 7) is 1.85. The number of aryl methyl sites for hydroxylation is 1. The minimum absolute atomic E-state index is 0.355. The second kappa shape index (κ2) is 4.44. The molecule has 0 spiro atoms. The van der Waals surface area contributed by atoms with E-state index in [2.05, 4.69) is 4.74 Å². The summed E-state index contributed by atoms with van der Waals surface area (Å²) in [4.78, 5) is 11.0. The lowest BCUT2D eigenvalue weighted by Crippen LogP contribution is -2.13. The Morgan fingerprint density at radius 2 is 2.21 bits per heavy atom. The zero-order valence-electron chi connectivity index (χ0n) is 7.95. The molecule has 0 fully saturated rings. The van der Waals surface area contributed by atoms with Crippen LogP contribution in [-0.2, 0) is 9.53 Å². The highest BCUT2D eigenvalue weighted by atomic mass is 35.5. The number of carbonyl (C=O) groups is 1. The van der Waals surface area contributed by atoms with E-state index in [0.717, 1.165) is 5.56 Å². The Kier molecular flexibility index (Phi) is 3.49. The lowest BCUT2D eigenvalue weighted by atomic mass is 10.1. The Bertz CT molecular complexity index is 349. The summed E-state index contributed by atoms with van der Waals surface area (Å²) < 4.78 is 4.41. The number of ether oxygens (including phenoxy) is 1. The molecule has 0 aromatic heterocycles. The molecule has 0 saturated carbocycles. The summed E-state index contributed by atoms with van der Waals surface area (Å²) in [6, 6.07) is 5.10. The Morgan fingerprint density at radius 3 is 2.79 bits per heavy atom. The molecule has 3 nitrogen and oxygen atoms in total. The molecule has 0 aliphatic carbocycles. The fourth-order valence-electron chi connectivity index (χ4n) is 1.11. The van der Waals surface area contributed by atoms with Crippen molar-refractivity contribution < 1.29 is 14.6 Å². The molecule has 0 aliphatic rings. The first-order valence-electron chi connectivity index (χ1n) is 4.08. The van der Waals surface area contributed by atoms with Crippen LogP contribution in [0.3, 0.4) is 0 Å². The largest absolute Gasteiger partial charge is 0.467 e. The van der Waals surface area contributed by atoms with Crippen molar-refractivity contribution in [3.63, 3.8) is 0 Å². The maximum Gasteiger partial charge on any atom is 0.339 e. The second-order valence-corrected chi connectivity index (χ2v) is 3.36. The van der Waals surface area contributed by atoms with Gasteiger partial charge in [0.05, 0.1) is 7.11 Å². The van der Waals surface area contributed by atoms with Crippen LogP contribution in [0.25, 0.3) is 0 Å². The molecule has 0 aliphatic heterocycles. The van der Waals surface area contributed by atoms with Gasteiger partial charge in [0.25, 0.3) is 0 Å². The van der Waals surface area contributed by atoms with Gasteiger partial charge >= 0.3 is 5.97 Å². The van der Waals surface area contributed by atoms with Gasteiger partial charge < -0.3 is 9.84 Å². The van der Waals surface area contributed by atoms with Gasteiger partial charge in [-0.2, -0.15) is 0 Å². The topological polar surface area (TPSA) is 46.5 Å². The minimum Gasteiger partial charge on any atom is -0.467 e. The summed E-state index contributed by atoms with van der Waals surface area (Å²) in [5.41, 5.74) is 1.30. The first-order valence-corrected chi connectivity index (χ1v) is 4.46. The van der Waals surface area contributed by atoms with Crippen molar-refractivity contribution >= 4 is 17.6 Å². The lowest BCUT2D eigenvalue weighted by molar-refractivity contribution is -0.150. The maximum atomic E-state index is 11.0. The smallest absolute Gasteiger partial charge is 0.339 e. The molecule has 0 amide bonds. The van der Waals surface area contributed by atoms with Crippen LogP contribution in [0, 0.1) is 6.92 Å². The summed E-state index contributed by atoms with van der Waals surface area (Å²) in [7, 11) is 1.22.